The van der Waals surface area contributed by atoms with Crippen LogP contribution in [-0.2, 0) is 9.53 Å². The number of rotatable bonds is 5. The SMILES string of the molecule is CCOC(=O)C1CNNC1COc1ccccc1. The van der Waals surface area contributed by atoms with Crippen molar-refractivity contribution in [2.24, 2.45) is 5.92 Å². The molecule has 18 heavy (non-hydrogen) atoms. The van der Waals surface area contributed by atoms with Gasteiger partial charge in [-0.2, -0.15) is 0 Å². The Bertz CT molecular complexity index is 383. The molecule has 0 radical (unpaired) electrons. The lowest BCUT2D eigenvalue weighted by Crippen LogP contribution is -2.39. The predicted octanol–water partition coefficient (Wildman–Crippen LogP) is 0.721. The first kappa shape index (κ1) is 12.9. The van der Waals surface area contributed by atoms with Crippen LogP contribution in [0.15, 0.2) is 30.3 Å². The van der Waals surface area contributed by atoms with E-state index in [4.69, 9.17) is 9.47 Å². The van der Waals surface area contributed by atoms with E-state index in [0.717, 1.165) is 5.75 Å². The molecule has 5 heteroatoms. The number of nitrogens with one attached hydrogen (secondary N) is 2. The number of para-hydroxylation sites is 1. The van der Waals surface area contributed by atoms with E-state index in [1.54, 1.807) is 0 Å². The predicted molar refractivity (Wildman–Crippen MR) is 67.0 cm³/mol. The minimum Gasteiger partial charge on any atom is -0.492 e. The van der Waals surface area contributed by atoms with Gasteiger partial charge in [-0.1, -0.05) is 18.2 Å². The second-order valence-corrected chi connectivity index (χ2v) is 4.11. The number of hydrogen-bond donors (Lipinski definition) is 2. The summed E-state index contributed by atoms with van der Waals surface area (Å²) in [4.78, 5) is 11.7. The first-order chi connectivity index (χ1) is 8.81. The Morgan fingerprint density at radius 1 is 1.39 bits per heavy atom. The van der Waals surface area contributed by atoms with Crippen molar-refractivity contribution in [3.63, 3.8) is 0 Å². The third-order valence-electron chi connectivity index (χ3n) is 2.86. The smallest absolute Gasteiger partial charge is 0.312 e. The van der Waals surface area contributed by atoms with Crippen molar-refractivity contribution in [2.45, 2.75) is 13.0 Å². The quantitative estimate of drug-likeness (QED) is 0.754. The number of hydrogen-bond acceptors (Lipinski definition) is 5. The zero-order chi connectivity index (χ0) is 12.8. The van der Waals surface area contributed by atoms with E-state index >= 15 is 0 Å². The average molecular weight is 250 g/mol. The third-order valence-corrected chi connectivity index (χ3v) is 2.86. The molecule has 2 atom stereocenters. The number of benzene rings is 1. The highest BCUT2D eigenvalue weighted by Gasteiger charge is 2.34. The van der Waals surface area contributed by atoms with Gasteiger partial charge < -0.3 is 9.47 Å². The maximum atomic E-state index is 11.7. The zero-order valence-corrected chi connectivity index (χ0v) is 10.4. The molecule has 0 saturated carbocycles. The Kier molecular flexibility index (Phi) is 4.55. The second-order valence-electron chi connectivity index (χ2n) is 4.11. The van der Waals surface area contributed by atoms with Gasteiger partial charge in [0.15, 0.2) is 0 Å². The van der Waals surface area contributed by atoms with E-state index in [9.17, 15) is 4.79 Å². The van der Waals surface area contributed by atoms with E-state index in [2.05, 4.69) is 10.9 Å². The van der Waals surface area contributed by atoms with Crippen molar-refractivity contribution in [2.75, 3.05) is 19.8 Å². The van der Waals surface area contributed by atoms with Gasteiger partial charge in [0.25, 0.3) is 0 Å². The molecule has 0 amide bonds. The van der Waals surface area contributed by atoms with Crippen molar-refractivity contribution < 1.29 is 14.3 Å². The molecule has 1 saturated heterocycles. The van der Waals surface area contributed by atoms with E-state index < -0.39 is 0 Å². The van der Waals surface area contributed by atoms with Gasteiger partial charge in [0.1, 0.15) is 12.4 Å². The van der Waals surface area contributed by atoms with E-state index in [-0.39, 0.29) is 17.9 Å². The van der Waals surface area contributed by atoms with Crippen LogP contribution < -0.4 is 15.6 Å². The Labute approximate surface area is 106 Å². The number of carbonyl (C=O) groups excluding carboxylic acids is 1. The zero-order valence-electron chi connectivity index (χ0n) is 10.4. The molecule has 0 bridgehead atoms. The molecule has 1 aliphatic rings. The van der Waals surface area contributed by atoms with Gasteiger partial charge in [0, 0.05) is 6.54 Å². The van der Waals surface area contributed by atoms with Gasteiger partial charge >= 0.3 is 5.97 Å². The summed E-state index contributed by atoms with van der Waals surface area (Å²) in [5.74, 6) is 0.416. The van der Waals surface area contributed by atoms with E-state index in [0.29, 0.717) is 19.8 Å². The molecule has 98 valence electrons. The Morgan fingerprint density at radius 2 is 2.17 bits per heavy atom. The van der Waals surface area contributed by atoms with Gasteiger partial charge in [-0.3, -0.25) is 15.6 Å². The van der Waals surface area contributed by atoms with Crippen molar-refractivity contribution in [1.82, 2.24) is 10.9 Å². The summed E-state index contributed by atoms with van der Waals surface area (Å²) in [6, 6.07) is 9.48. The first-order valence-electron chi connectivity index (χ1n) is 6.14. The number of carbonyl (C=O) groups is 1. The monoisotopic (exact) mass is 250 g/mol. The molecule has 1 aromatic rings. The van der Waals surface area contributed by atoms with Gasteiger partial charge in [0.05, 0.1) is 18.6 Å². The third kappa shape index (κ3) is 3.21. The fourth-order valence-corrected chi connectivity index (χ4v) is 1.90. The first-order valence-corrected chi connectivity index (χ1v) is 6.14. The number of hydrazine groups is 1. The molecular formula is C13H18N2O3. The normalized spacial score (nSPS) is 22.7. The molecule has 1 aromatic carbocycles. The van der Waals surface area contributed by atoms with Crippen LogP contribution in [-0.4, -0.2) is 31.8 Å². The lowest BCUT2D eigenvalue weighted by molar-refractivity contribution is -0.148. The summed E-state index contributed by atoms with van der Waals surface area (Å²) in [7, 11) is 0. The molecule has 1 heterocycles. The minimum absolute atomic E-state index is 0.0655. The highest BCUT2D eigenvalue weighted by atomic mass is 16.5. The van der Waals surface area contributed by atoms with E-state index in [1.165, 1.54) is 0 Å². The van der Waals surface area contributed by atoms with Gasteiger partial charge in [-0.05, 0) is 19.1 Å². The molecular weight excluding hydrogens is 232 g/mol. The van der Waals surface area contributed by atoms with Crippen molar-refractivity contribution in [1.29, 1.82) is 0 Å². The molecule has 2 rings (SSSR count). The van der Waals surface area contributed by atoms with Crippen molar-refractivity contribution >= 4 is 5.97 Å². The van der Waals surface area contributed by atoms with Gasteiger partial charge in [-0.25, -0.2) is 0 Å². The summed E-state index contributed by atoms with van der Waals surface area (Å²) in [6.45, 7) is 3.22. The van der Waals surface area contributed by atoms with E-state index in [1.807, 2.05) is 37.3 Å². The number of ether oxygens (including phenoxy) is 2. The van der Waals surface area contributed by atoms with Crippen LogP contribution in [0.1, 0.15) is 6.92 Å². The van der Waals surface area contributed by atoms with Crippen LogP contribution in [0.4, 0.5) is 0 Å². The molecule has 1 fully saturated rings. The maximum Gasteiger partial charge on any atom is 0.312 e. The lowest BCUT2D eigenvalue weighted by atomic mass is 10.0. The summed E-state index contributed by atoms with van der Waals surface area (Å²) >= 11 is 0. The average Bonchev–Trinajstić information content (AvgIpc) is 2.86. The highest BCUT2D eigenvalue weighted by molar-refractivity contribution is 5.74. The van der Waals surface area contributed by atoms with Crippen LogP contribution in [0.3, 0.4) is 0 Å². The Hall–Kier alpha value is -1.59. The Morgan fingerprint density at radius 3 is 2.89 bits per heavy atom. The van der Waals surface area contributed by atoms with Crippen LogP contribution >= 0.6 is 0 Å². The fraction of sp³-hybridized carbons (Fsp3) is 0.462. The summed E-state index contributed by atoms with van der Waals surface area (Å²) in [5.41, 5.74) is 6.01. The summed E-state index contributed by atoms with van der Waals surface area (Å²) in [6.07, 6.45) is 0. The van der Waals surface area contributed by atoms with Crippen LogP contribution in [0.25, 0.3) is 0 Å². The topological polar surface area (TPSA) is 59.6 Å². The van der Waals surface area contributed by atoms with Gasteiger partial charge in [-0.15, -0.1) is 0 Å². The minimum atomic E-state index is -0.200. The standard InChI is InChI=1S/C13H18N2O3/c1-2-17-13(16)11-8-14-15-12(11)9-18-10-6-4-3-5-7-10/h3-7,11-12,14-15H,2,8-9H2,1H3. The molecule has 2 unspecified atom stereocenters. The van der Waals surface area contributed by atoms with Crippen LogP contribution in [0.2, 0.25) is 0 Å². The summed E-state index contributed by atoms with van der Waals surface area (Å²) < 4.78 is 10.7. The van der Waals surface area contributed by atoms with Crippen molar-refractivity contribution in [3.05, 3.63) is 30.3 Å². The molecule has 5 nitrogen and oxygen atoms in total. The maximum absolute atomic E-state index is 11.7. The molecule has 2 N–H and O–H groups in total. The number of esters is 1. The van der Waals surface area contributed by atoms with Crippen LogP contribution in [0, 0.1) is 5.92 Å². The molecule has 0 aromatic heterocycles. The largest absolute Gasteiger partial charge is 0.492 e. The van der Waals surface area contributed by atoms with Crippen molar-refractivity contribution in [3.8, 4) is 5.75 Å². The Balaban J connectivity index is 1.86. The highest BCUT2D eigenvalue weighted by Crippen LogP contribution is 2.14. The second kappa shape index (κ2) is 6.37. The van der Waals surface area contributed by atoms with Gasteiger partial charge in [0.2, 0.25) is 0 Å². The van der Waals surface area contributed by atoms with Crippen LogP contribution in [0.5, 0.6) is 5.75 Å². The lowest BCUT2D eigenvalue weighted by Gasteiger charge is -2.17. The molecule has 1 aliphatic heterocycles. The molecule has 0 aliphatic carbocycles. The fourth-order valence-electron chi connectivity index (χ4n) is 1.90. The molecule has 0 spiro atoms. The summed E-state index contributed by atoms with van der Waals surface area (Å²) in [5, 5.41) is 0.